The van der Waals surface area contributed by atoms with Gasteiger partial charge in [0.05, 0.1) is 6.10 Å². The van der Waals surface area contributed by atoms with Gasteiger partial charge in [0, 0.05) is 20.9 Å². The van der Waals surface area contributed by atoms with Crippen LogP contribution in [0.2, 0.25) is 0 Å². The molecule has 9 atom stereocenters. The van der Waals surface area contributed by atoms with Crippen molar-refractivity contribution in [2.45, 2.75) is 63.5 Å². The predicted octanol–water partition coefficient (Wildman–Crippen LogP) is 2.37. The lowest BCUT2D eigenvalue weighted by atomic mass is 9.44. The number of aliphatic hydroxyl groups is 2. The van der Waals surface area contributed by atoms with Gasteiger partial charge in [-0.2, -0.15) is 0 Å². The highest BCUT2D eigenvalue weighted by Gasteiger charge is 2.76. The third-order valence-corrected chi connectivity index (χ3v) is 8.21. The Labute approximate surface area is 166 Å². The van der Waals surface area contributed by atoms with Gasteiger partial charge in [-0.15, -0.1) is 0 Å². The monoisotopic (exact) mass is 399 g/mol. The van der Waals surface area contributed by atoms with Gasteiger partial charge in [0.1, 0.15) is 6.17 Å². The minimum atomic E-state index is -2.85. The van der Waals surface area contributed by atoms with E-state index in [2.05, 4.69) is 0 Å². The molecule has 4 aliphatic carbocycles. The average molecular weight is 399 g/mol. The molecule has 28 heavy (non-hydrogen) atoms. The number of hydrogen-bond donors (Lipinski definition) is 3. The Hall–Kier alpha value is -1.60. The lowest BCUT2D eigenvalue weighted by molar-refractivity contribution is -0.229. The summed E-state index contributed by atoms with van der Waals surface area (Å²) >= 11 is 0. The molecule has 0 aromatic rings. The molecule has 0 aliphatic heterocycles. The van der Waals surface area contributed by atoms with Crippen LogP contribution in [0.5, 0.6) is 0 Å². The van der Waals surface area contributed by atoms with Gasteiger partial charge in [-0.1, -0.05) is 19.9 Å². The number of rotatable bonds is 1. The summed E-state index contributed by atoms with van der Waals surface area (Å²) in [5.41, 5.74) is -8.65. The fourth-order valence-electron chi connectivity index (χ4n) is 6.64. The molecular weight excluding hydrogens is 370 g/mol. The normalized spacial score (nSPS) is 57.2. The largest absolute Gasteiger partial charge is 0.479 e. The Bertz CT molecular complexity index is 919. The maximum Gasteiger partial charge on any atom is 0.336 e. The Morgan fingerprint density at radius 2 is 2.00 bits per heavy atom. The number of carbonyl (C=O) groups is 2. The standard InChI is InChI=1S/C21H26F2O5/c1-10-6-12-13-8-15(22)14-7-11(24)4-5-18(14,2)20(13,23)16(25)9-19(12,3)21(10,28)17(26)27/h4-5,7,10,12-13,15-16,25,28H,6,8-9H2,1-3H3,(H,26,27)/t10-,12+,13+,15+,16+,18+,19+,20+,21+/m1/s1/i1D3. The number of carboxylic acids is 1. The first-order valence-corrected chi connectivity index (χ1v) is 9.47. The molecule has 7 heteroatoms. The van der Waals surface area contributed by atoms with E-state index >= 15 is 8.78 Å². The molecule has 0 unspecified atom stereocenters. The van der Waals surface area contributed by atoms with Crippen molar-refractivity contribution in [2.75, 3.05) is 0 Å². The van der Waals surface area contributed by atoms with Crippen LogP contribution in [-0.4, -0.2) is 50.6 Å². The number of aliphatic carboxylic acids is 1. The van der Waals surface area contributed by atoms with E-state index in [1.165, 1.54) is 19.9 Å². The van der Waals surface area contributed by atoms with Gasteiger partial charge in [0.25, 0.3) is 0 Å². The highest BCUT2D eigenvalue weighted by atomic mass is 19.1. The fourth-order valence-corrected chi connectivity index (χ4v) is 6.64. The number of aliphatic hydroxyl groups excluding tert-OH is 1. The van der Waals surface area contributed by atoms with Gasteiger partial charge in [0.2, 0.25) is 0 Å². The number of hydrogen-bond acceptors (Lipinski definition) is 4. The average Bonchev–Trinajstić information content (AvgIpc) is 2.88. The molecule has 0 aromatic carbocycles. The van der Waals surface area contributed by atoms with Crippen LogP contribution in [0.25, 0.3) is 0 Å². The van der Waals surface area contributed by atoms with Crippen molar-refractivity contribution in [1.82, 2.24) is 0 Å². The first kappa shape index (κ1) is 16.2. The Morgan fingerprint density at radius 3 is 2.61 bits per heavy atom. The highest BCUT2D eigenvalue weighted by Crippen LogP contribution is 2.70. The van der Waals surface area contributed by atoms with Crippen molar-refractivity contribution in [3.8, 4) is 0 Å². The maximum absolute atomic E-state index is 16.9. The number of ketones is 1. The number of carboxylic acid groups (broad SMARTS) is 1. The second-order valence-electron chi connectivity index (χ2n) is 9.22. The third-order valence-electron chi connectivity index (χ3n) is 8.21. The molecule has 0 aromatic heterocycles. The van der Waals surface area contributed by atoms with Crippen LogP contribution in [0.15, 0.2) is 23.8 Å². The number of fused-ring (bicyclic) bond motifs is 5. The Kier molecular flexibility index (Phi) is 3.19. The van der Waals surface area contributed by atoms with Crippen LogP contribution in [0.4, 0.5) is 8.78 Å². The summed E-state index contributed by atoms with van der Waals surface area (Å²) in [4.78, 5) is 24.0. The van der Waals surface area contributed by atoms with E-state index in [9.17, 15) is 24.9 Å². The summed E-state index contributed by atoms with van der Waals surface area (Å²) in [7, 11) is 0. The summed E-state index contributed by atoms with van der Waals surface area (Å²) in [5.74, 6) is -6.20. The van der Waals surface area contributed by atoms with Crippen molar-refractivity contribution in [1.29, 1.82) is 0 Å². The van der Waals surface area contributed by atoms with Gasteiger partial charge in [0.15, 0.2) is 17.1 Å². The zero-order chi connectivity index (χ0) is 23.4. The van der Waals surface area contributed by atoms with Crippen LogP contribution in [0.1, 0.15) is 44.1 Å². The van der Waals surface area contributed by atoms with Crippen LogP contribution >= 0.6 is 0 Å². The molecule has 0 spiro atoms. The molecule has 3 fully saturated rings. The minimum Gasteiger partial charge on any atom is -0.479 e. The lowest BCUT2D eigenvalue weighted by Crippen LogP contribution is -2.70. The fraction of sp³-hybridized carbons (Fsp3) is 0.714. The molecule has 5 nitrogen and oxygen atoms in total. The maximum atomic E-state index is 16.9. The molecule has 154 valence electrons. The second kappa shape index (κ2) is 5.51. The molecule has 4 rings (SSSR count). The molecule has 0 radical (unpaired) electrons. The van der Waals surface area contributed by atoms with Crippen molar-refractivity contribution in [2.24, 2.45) is 28.6 Å². The van der Waals surface area contributed by atoms with Gasteiger partial charge in [-0.25, -0.2) is 13.6 Å². The van der Waals surface area contributed by atoms with Gasteiger partial charge < -0.3 is 15.3 Å². The third kappa shape index (κ3) is 1.92. The van der Waals surface area contributed by atoms with Gasteiger partial charge >= 0.3 is 5.97 Å². The molecule has 3 saturated carbocycles. The van der Waals surface area contributed by atoms with Crippen LogP contribution in [-0.2, 0) is 9.59 Å². The predicted molar refractivity (Wildman–Crippen MR) is 95.8 cm³/mol. The number of allylic oxidation sites excluding steroid dienone is 4. The lowest BCUT2D eigenvalue weighted by Gasteiger charge is -2.62. The summed E-state index contributed by atoms with van der Waals surface area (Å²) in [6.45, 7) is -0.110. The zero-order valence-corrected chi connectivity index (χ0v) is 15.7. The van der Waals surface area contributed by atoms with E-state index < -0.39 is 83.6 Å². The van der Waals surface area contributed by atoms with Crippen molar-refractivity contribution >= 4 is 11.8 Å². The summed E-state index contributed by atoms with van der Waals surface area (Å²) in [6.07, 6.45) is -1.44. The molecule has 0 heterocycles. The van der Waals surface area contributed by atoms with E-state index in [0.717, 1.165) is 12.2 Å². The topological polar surface area (TPSA) is 94.8 Å². The van der Waals surface area contributed by atoms with E-state index in [4.69, 9.17) is 4.11 Å². The minimum absolute atomic E-state index is 0.0831. The van der Waals surface area contributed by atoms with Gasteiger partial charge in [-0.3, -0.25) is 4.79 Å². The van der Waals surface area contributed by atoms with E-state index in [-0.39, 0.29) is 12.0 Å². The van der Waals surface area contributed by atoms with Crippen molar-refractivity contribution in [3.63, 3.8) is 0 Å². The first-order chi connectivity index (χ1) is 14.0. The number of halogens is 2. The summed E-state index contributed by atoms with van der Waals surface area (Å²) < 4.78 is 55.6. The molecular formula is C21H26F2O5. The zero-order valence-electron chi connectivity index (χ0n) is 18.7. The van der Waals surface area contributed by atoms with E-state index in [1.54, 1.807) is 0 Å². The number of alkyl halides is 2. The van der Waals surface area contributed by atoms with Crippen LogP contribution < -0.4 is 0 Å². The van der Waals surface area contributed by atoms with Gasteiger partial charge in [-0.05, 0) is 55.7 Å². The summed E-state index contributed by atoms with van der Waals surface area (Å²) in [6, 6.07) is 0. The molecule has 0 amide bonds. The Balaban J connectivity index is 1.91. The van der Waals surface area contributed by atoms with Crippen molar-refractivity contribution in [3.05, 3.63) is 23.8 Å². The molecule has 0 saturated heterocycles. The molecule has 0 bridgehead atoms. The first-order valence-electron chi connectivity index (χ1n) is 11.0. The smallest absolute Gasteiger partial charge is 0.336 e. The molecule has 3 N–H and O–H groups in total. The molecule has 4 aliphatic rings. The summed E-state index contributed by atoms with van der Waals surface area (Å²) in [5, 5.41) is 32.2. The quantitative estimate of drug-likeness (QED) is 0.629. The Morgan fingerprint density at radius 1 is 1.32 bits per heavy atom. The number of carbonyl (C=O) groups excluding carboxylic acids is 1. The van der Waals surface area contributed by atoms with Crippen molar-refractivity contribution < 1.29 is 37.8 Å². The van der Waals surface area contributed by atoms with E-state index in [1.807, 2.05) is 0 Å². The van der Waals surface area contributed by atoms with Crippen LogP contribution in [0.3, 0.4) is 0 Å². The van der Waals surface area contributed by atoms with E-state index in [0.29, 0.717) is 0 Å². The SMILES string of the molecule is [2H]C([2H])([2H])[C@@H]1C[C@H]2[C@@H]3C[C@H](F)C4=CC(=O)C=C[C@]4(C)[C@@]3(F)[C@@H](O)C[C@]2(C)[C@@]1(O)C(=O)O. The highest BCUT2D eigenvalue weighted by molar-refractivity contribution is 6.01. The van der Waals surface area contributed by atoms with Crippen LogP contribution in [0, 0.1) is 28.6 Å². The second-order valence-corrected chi connectivity index (χ2v) is 9.22.